The monoisotopic (exact) mass is 540 g/mol. The molecule has 4 aromatic rings. The highest BCUT2D eigenvalue weighted by Crippen LogP contribution is 2.35. The summed E-state index contributed by atoms with van der Waals surface area (Å²) in [5.74, 6) is -0.821. The van der Waals surface area contributed by atoms with E-state index in [1.54, 1.807) is 24.4 Å². The Morgan fingerprint density at radius 2 is 1.90 bits per heavy atom. The number of hydrogen-bond acceptors (Lipinski definition) is 8. The number of hydrogen-bond donors (Lipinski definition) is 2. The van der Waals surface area contributed by atoms with E-state index < -0.39 is 18.0 Å². The SMILES string of the molecule is CCNC(=O)c1cnc2ccc(N3C[C@@H](NC(=O)c4ccc(OC(F)(F)F)cn4)C[C@@H]3c3ccccn3)nn12. The molecule has 2 amide bonds. The number of pyridine rings is 2. The van der Waals surface area contributed by atoms with E-state index in [9.17, 15) is 22.8 Å². The summed E-state index contributed by atoms with van der Waals surface area (Å²) < 4.78 is 42.5. The first-order valence-electron chi connectivity index (χ1n) is 12.0. The van der Waals surface area contributed by atoms with Crippen molar-refractivity contribution in [3.63, 3.8) is 0 Å². The lowest BCUT2D eigenvalue weighted by Crippen LogP contribution is -2.37. The van der Waals surface area contributed by atoms with Crippen molar-refractivity contribution in [3.8, 4) is 5.75 Å². The number of fused-ring (bicyclic) bond motifs is 1. The lowest BCUT2D eigenvalue weighted by molar-refractivity contribution is -0.274. The molecule has 202 valence electrons. The zero-order chi connectivity index (χ0) is 27.6. The summed E-state index contributed by atoms with van der Waals surface area (Å²) in [4.78, 5) is 39.9. The van der Waals surface area contributed by atoms with Crippen LogP contribution >= 0.6 is 0 Å². The minimum Gasteiger partial charge on any atom is -0.404 e. The van der Waals surface area contributed by atoms with Gasteiger partial charge in [0.15, 0.2) is 11.3 Å². The van der Waals surface area contributed by atoms with Crippen LogP contribution in [0.15, 0.2) is 61.1 Å². The molecule has 0 aromatic carbocycles. The fraction of sp³-hybridized carbons (Fsp3) is 0.280. The summed E-state index contributed by atoms with van der Waals surface area (Å²) in [5, 5.41) is 10.3. The molecule has 1 aliphatic rings. The molecule has 4 aromatic heterocycles. The average Bonchev–Trinajstić information content (AvgIpc) is 3.53. The maximum Gasteiger partial charge on any atom is 0.573 e. The fourth-order valence-electron chi connectivity index (χ4n) is 4.44. The molecule has 1 saturated heterocycles. The van der Waals surface area contributed by atoms with Crippen molar-refractivity contribution in [2.45, 2.75) is 31.8 Å². The van der Waals surface area contributed by atoms with Crippen LogP contribution in [0.4, 0.5) is 19.0 Å². The summed E-state index contributed by atoms with van der Waals surface area (Å²) in [7, 11) is 0. The topological polar surface area (TPSA) is 127 Å². The summed E-state index contributed by atoms with van der Waals surface area (Å²) in [5.41, 5.74) is 1.50. The average molecular weight is 541 g/mol. The van der Waals surface area contributed by atoms with Gasteiger partial charge in [0.05, 0.1) is 24.1 Å². The summed E-state index contributed by atoms with van der Waals surface area (Å²) >= 11 is 0. The molecular formula is C25H23F3N8O3. The van der Waals surface area contributed by atoms with Gasteiger partial charge in [-0.15, -0.1) is 18.3 Å². The highest BCUT2D eigenvalue weighted by molar-refractivity contribution is 5.93. The van der Waals surface area contributed by atoms with Crippen molar-refractivity contribution in [3.05, 3.63) is 78.1 Å². The quantitative estimate of drug-likeness (QED) is 0.367. The van der Waals surface area contributed by atoms with E-state index in [4.69, 9.17) is 0 Å². The predicted octanol–water partition coefficient (Wildman–Crippen LogP) is 2.92. The van der Waals surface area contributed by atoms with Crippen LogP contribution in [0.3, 0.4) is 0 Å². The Balaban J connectivity index is 1.39. The van der Waals surface area contributed by atoms with Crippen LogP contribution in [-0.4, -0.2) is 61.9 Å². The Morgan fingerprint density at radius 1 is 1.05 bits per heavy atom. The molecule has 14 heteroatoms. The van der Waals surface area contributed by atoms with Crippen molar-refractivity contribution in [2.24, 2.45) is 0 Å². The lowest BCUT2D eigenvalue weighted by Gasteiger charge is -2.25. The molecule has 0 bridgehead atoms. The van der Waals surface area contributed by atoms with Gasteiger partial charge in [-0.25, -0.2) is 14.5 Å². The summed E-state index contributed by atoms with van der Waals surface area (Å²) in [6.07, 6.45) is -0.402. The molecular weight excluding hydrogens is 517 g/mol. The van der Waals surface area contributed by atoms with Gasteiger partial charge in [0.1, 0.15) is 17.3 Å². The van der Waals surface area contributed by atoms with Crippen LogP contribution in [0.5, 0.6) is 5.75 Å². The number of carbonyl (C=O) groups excluding carboxylic acids is 2. The first-order chi connectivity index (χ1) is 18.7. The van der Waals surface area contributed by atoms with Crippen LogP contribution < -0.4 is 20.3 Å². The van der Waals surface area contributed by atoms with Gasteiger partial charge < -0.3 is 20.3 Å². The molecule has 2 atom stereocenters. The van der Waals surface area contributed by atoms with Crippen molar-refractivity contribution < 1.29 is 27.5 Å². The highest BCUT2D eigenvalue weighted by atomic mass is 19.4. The zero-order valence-corrected chi connectivity index (χ0v) is 20.6. The van der Waals surface area contributed by atoms with Gasteiger partial charge in [0.2, 0.25) is 0 Å². The van der Waals surface area contributed by atoms with E-state index in [1.807, 2.05) is 24.0 Å². The Morgan fingerprint density at radius 3 is 2.59 bits per heavy atom. The molecule has 5 rings (SSSR count). The van der Waals surface area contributed by atoms with Crippen molar-refractivity contribution in [2.75, 3.05) is 18.0 Å². The van der Waals surface area contributed by atoms with Crippen LogP contribution in [0.25, 0.3) is 5.65 Å². The Labute approximate surface area is 220 Å². The van der Waals surface area contributed by atoms with Gasteiger partial charge in [-0.05, 0) is 49.7 Å². The minimum atomic E-state index is -4.85. The highest BCUT2D eigenvalue weighted by Gasteiger charge is 2.36. The fourth-order valence-corrected chi connectivity index (χ4v) is 4.44. The number of nitrogens with one attached hydrogen (secondary N) is 2. The summed E-state index contributed by atoms with van der Waals surface area (Å²) in [6.45, 7) is 2.62. The minimum absolute atomic E-state index is 0.0538. The number of aromatic nitrogens is 5. The molecule has 0 spiro atoms. The number of imidazole rings is 1. The number of ether oxygens (including phenoxy) is 1. The van der Waals surface area contributed by atoms with Crippen LogP contribution in [0.1, 0.15) is 46.1 Å². The number of nitrogens with zero attached hydrogens (tertiary/aromatic N) is 6. The van der Waals surface area contributed by atoms with Crippen LogP contribution in [-0.2, 0) is 0 Å². The molecule has 0 saturated carbocycles. The van der Waals surface area contributed by atoms with Crippen molar-refractivity contribution in [1.82, 2.24) is 35.2 Å². The third-order valence-electron chi connectivity index (χ3n) is 6.08. The van der Waals surface area contributed by atoms with E-state index in [0.717, 1.165) is 24.0 Å². The molecule has 5 heterocycles. The van der Waals surface area contributed by atoms with E-state index in [2.05, 4.69) is 35.4 Å². The molecule has 1 fully saturated rings. The van der Waals surface area contributed by atoms with Gasteiger partial charge in [0.25, 0.3) is 11.8 Å². The third-order valence-corrected chi connectivity index (χ3v) is 6.08. The lowest BCUT2D eigenvalue weighted by atomic mass is 10.1. The second-order valence-corrected chi connectivity index (χ2v) is 8.72. The molecule has 0 unspecified atom stereocenters. The number of anilines is 1. The van der Waals surface area contributed by atoms with Crippen LogP contribution in [0, 0.1) is 0 Å². The zero-order valence-electron chi connectivity index (χ0n) is 20.6. The number of carbonyl (C=O) groups is 2. The Bertz CT molecular complexity index is 1480. The first kappa shape index (κ1) is 25.9. The summed E-state index contributed by atoms with van der Waals surface area (Å²) in [6, 6.07) is 10.6. The second-order valence-electron chi connectivity index (χ2n) is 8.72. The van der Waals surface area contributed by atoms with E-state index in [0.29, 0.717) is 31.0 Å². The molecule has 2 N–H and O–H groups in total. The van der Waals surface area contributed by atoms with Gasteiger partial charge in [-0.2, -0.15) is 0 Å². The standard InChI is InChI=1S/C25H23F3N8O3/c1-2-29-24(38)20-13-32-21-8-9-22(34-36(20)21)35-14-15(11-19(35)17-5-3-4-10-30-17)33-23(37)18-7-6-16(12-31-18)39-25(26,27)28/h3-10,12-13,15,19H,2,11,14H2,1H3,(H,29,38)(H,33,37)/t15-,19+/m0/s1. The molecule has 0 aliphatic carbocycles. The van der Waals surface area contributed by atoms with E-state index in [-0.39, 0.29) is 29.4 Å². The largest absolute Gasteiger partial charge is 0.573 e. The molecule has 11 nitrogen and oxygen atoms in total. The molecule has 1 aliphatic heterocycles. The van der Waals surface area contributed by atoms with Crippen LogP contribution in [0.2, 0.25) is 0 Å². The number of amides is 2. The van der Waals surface area contributed by atoms with Gasteiger partial charge in [0, 0.05) is 25.3 Å². The smallest absolute Gasteiger partial charge is 0.404 e. The Hall–Kier alpha value is -4.75. The second kappa shape index (κ2) is 10.6. The van der Waals surface area contributed by atoms with Gasteiger partial charge in [-0.1, -0.05) is 6.07 Å². The maximum absolute atomic E-state index is 12.9. The van der Waals surface area contributed by atoms with Gasteiger partial charge in [-0.3, -0.25) is 14.6 Å². The molecule has 0 radical (unpaired) electrons. The van der Waals surface area contributed by atoms with E-state index in [1.165, 1.54) is 10.7 Å². The first-order valence-corrected chi connectivity index (χ1v) is 12.0. The third kappa shape index (κ3) is 5.73. The maximum atomic E-state index is 12.9. The normalized spacial score (nSPS) is 17.3. The van der Waals surface area contributed by atoms with Crippen molar-refractivity contribution >= 4 is 23.3 Å². The van der Waals surface area contributed by atoms with Crippen molar-refractivity contribution in [1.29, 1.82) is 0 Å². The molecule has 39 heavy (non-hydrogen) atoms. The number of alkyl halides is 3. The Kier molecular flexibility index (Phi) is 7.00. The number of rotatable bonds is 7. The van der Waals surface area contributed by atoms with E-state index >= 15 is 0 Å². The predicted molar refractivity (Wildman–Crippen MR) is 132 cm³/mol. The number of halogens is 3. The van der Waals surface area contributed by atoms with Gasteiger partial charge >= 0.3 is 6.36 Å².